The normalized spacial score (nSPS) is 15.6. The van der Waals surface area contributed by atoms with Gasteiger partial charge in [-0.15, -0.1) is 0 Å². The summed E-state index contributed by atoms with van der Waals surface area (Å²) in [5, 5.41) is 8.94. The summed E-state index contributed by atoms with van der Waals surface area (Å²) in [6.45, 7) is 2.04. The molecule has 4 nitrogen and oxygen atoms in total. The summed E-state index contributed by atoms with van der Waals surface area (Å²) in [4.78, 5) is 24.7. The van der Waals surface area contributed by atoms with Crippen molar-refractivity contribution in [2.45, 2.75) is 77.2 Å². The Morgan fingerprint density at radius 1 is 1.11 bits per heavy atom. The highest BCUT2D eigenvalue weighted by molar-refractivity contribution is 5.81. The molecule has 1 aliphatic carbocycles. The van der Waals surface area contributed by atoms with Crippen LogP contribution in [0.2, 0.25) is 0 Å². The maximum Gasteiger partial charge on any atom is 0.323 e. The second-order valence-corrected chi connectivity index (χ2v) is 5.52. The molecule has 19 heavy (non-hydrogen) atoms. The molecule has 0 aromatic heterocycles. The number of aliphatic carboxylic acids is 1. The molecule has 110 valence electrons. The van der Waals surface area contributed by atoms with Gasteiger partial charge >= 0.3 is 5.97 Å². The average Bonchev–Trinajstić information content (AvgIpc) is 2.89. The van der Waals surface area contributed by atoms with E-state index in [1.54, 1.807) is 4.90 Å². The average molecular weight is 269 g/mol. The molecule has 0 radical (unpaired) electrons. The molecule has 0 aromatic carbocycles. The van der Waals surface area contributed by atoms with Crippen LogP contribution in [0.1, 0.15) is 71.1 Å². The van der Waals surface area contributed by atoms with Crippen molar-refractivity contribution in [3.63, 3.8) is 0 Å². The number of carbonyl (C=O) groups excluding carboxylic acids is 1. The van der Waals surface area contributed by atoms with Crippen LogP contribution in [0.4, 0.5) is 0 Å². The number of nitrogens with zero attached hydrogens (tertiary/aromatic N) is 1. The second kappa shape index (κ2) is 8.94. The molecule has 0 heterocycles. The van der Waals surface area contributed by atoms with E-state index in [1.807, 2.05) is 0 Å². The van der Waals surface area contributed by atoms with Crippen LogP contribution in [0.3, 0.4) is 0 Å². The lowest BCUT2D eigenvalue weighted by Gasteiger charge is -2.27. The van der Waals surface area contributed by atoms with Gasteiger partial charge < -0.3 is 10.0 Å². The van der Waals surface area contributed by atoms with Crippen molar-refractivity contribution >= 4 is 11.9 Å². The summed E-state index contributed by atoms with van der Waals surface area (Å²) < 4.78 is 0. The maximum atomic E-state index is 12.2. The first-order valence-electron chi connectivity index (χ1n) is 7.66. The van der Waals surface area contributed by atoms with Crippen LogP contribution in [0, 0.1) is 0 Å². The van der Waals surface area contributed by atoms with Gasteiger partial charge in [0.2, 0.25) is 5.91 Å². The van der Waals surface area contributed by atoms with E-state index in [1.165, 1.54) is 19.3 Å². The summed E-state index contributed by atoms with van der Waals surface area (Å²) in [6, 6.07) is 0.166. The molecule has 0 saturated heterocycles. The lowest BCUT2D eigenvalue weighted by atomic mass is 10.1. The standard InChI is InChI=1S/C15H27NO3/c1-2-3-4-5-6-11-14(17)16(12-15(18)19)13-9-7-8-10-13/h13H,2-12H2,1H3,(H,18,19). The zero-order chi connectivity index (χ0) is 14.1. The second-order valence-electron chi connectivity index (χ2n) is 5.52. The quantitative estimate of drug-likeness (QED) is 0.654. The molecule has 1 rings (SSSR count). The highest BCUT2D eigenvalue weighted by atomic mass is 16.4. The lowest BCUT2D eigenvalue weighted by molar-refractivity contribution is -0.146. The maximum absolute atomic E-state index is 12.2. The third-order valence-corrected chi connectivity index (χ3v) is 3.89. The van der Waals surface area contributed by atoms with Crippen molar-refractivity contribution in [1.29, 1.82) is 0 Å². The highest BCUT2D eigenvalue weighted by Gasteiger charge is 2.27. The fraction of sp³-hybridized carbons (Fsp3) is 0.867. The number of carboxylic acid groups (broad SMARTS) is 1. The molecule has 1 fully saturated rings. The Morgan fingerprint density at radius 3 is 2.32 bits per heavy atom. The first-order valence-corrected chi connectivity index (χ1v) is 7.66. The number of carbonyl (C=O) groups is 2. The van der Waals surface area contributed by atoms with Gasteiger partial charge in [-0.3, -0.25) is 9.59 Å². The van der Waals surface area contributed by atoms with Crippen LogP contribution < -0.4 is 0 Å². The SMILES string of the molecule is CCCCCCCC(=O)N(CC(=O)O)C1CCCC1. The Balaban J connectivity index is 2.35. The topological polar surface area (TPSA) is 57.6 Å². The molecule has 0 aliphatic heterocycles. The van der Waals surface area contributed by atoms with E-state index in [4.69, 9.17) is 5.11 Å². The Hall–Kier alpha value is -1.06. The smallest absolute Gasteiger partial charge is 0.323 e. The molecule has 0 aromatic rings. The first kappa shape index (κ1) is 16.0. The molecular weight excluding hydrogens is 242 g/mol. The van der Waals surface area contributed by atoms with Crippen LogP contribution in [0.5, 0.6) is 0 Å². The fourth-order valence-electron chi connectivity index (χ4n) is 2.81. The van der Waals surface area contributed by atoms with E-state index in [2.05, 4.69) is 6.92 Å². The molecule has 1 aliphatic rings. The lowest BCUT2D eigenvalue weighted by Crippen LogP contribution is -2.42. The Labute approximate surface area is 116 Å². The summed E-state index contributed by atoms with van der Waals surface area (Å²) in [5.74, 6) is -0.864. The molecule has 0 atom stereocenters. The largest absolute Gasteiger partial charge is 0.480 e. The van der Waals surface area contributed by atoms with Gasteiger partial charge in [0.05, 0.1) is 0 Å². The van der Waals surface area contributed by atoms with Gasteiger partial charge in [0.15, 0.2) is 0 Å². The highest BCUT2D eigenvalue weighted by Crippen LogP contribution is 2.24. The summed E-state index contributed by atoms with van der Waals surface area (Å²) in [6.07, 6.45) is 10.2. The third-order valence-electron chi connectivity index (χ3n) is 3.89. The molecule has 0 bridgehead atoms. The summed E-state index contributed by atoms with van der Waals surface area (Å²) >= 11 is 0. The van der Waals surface area contributed by atoms with E-state index >= 15 is 0 Å². The Bertz CT molecular complexity index is 285. The van der Waals surface area contributed by atoms with Crippen molar-refractivity contribution in [2.75, 3.05) is 6.54 Å². The third kappa shape index (κ3) is 6.08. The van der Waals surface area contributed by atoms with Gasteiger partial charge in [-0.1, -0.05) is 45.4 Å². The molecule has 1 saturated carbocycles. The fourth-order valence-corrected chi connectivity index (χ4v) is 2.81. The van der Waals surface area contributed by atoms with Crippen LogP contribution >= 0.6 is 0 Å². The number of hydrogen-bond donors (Lipinski definition) is 1. The van der Waals surface area contributed by atoms with E-state index < -0.39 is 5.97 Å². The molecule has 1 N–H and O–H groups in total. The van der Waals surface area contributed by atoms with Crippen LogP contribution in [-0.4, -0.2) is 34.5 Å². The Morgan fingerprint density at radius 2 is 1.74 bits per heavy atom. The first-order chi connectivity index (χ1) is 9.15. The van der Waals surface area contributed by atoms with Crippen molar-refractivity contribution < 1.29 is 14.7 Å². The van der Waals surface area contributed by atoms with Gasteiger partial charge in [-0.25, -0.2) is 0 Å². The van der Waals surface area contributed by atoms with E-state index in [0.29, 0.717) is 6.42 Å². The molecule has 4 heteroatoms. The minimum absolute atomic E-state index is 0.0331. The summed E-state index contributed by atoms with van der Waals surface area (Å²) in [7, 11) is 0. The van der Waals surface area contributed by atoms with Gasteiger partial charge in [0.1, 0.15) is 6.54 Å². The zero-order valence-electron chi connectivity index (χ0n) is 12.1. The number of rotatable bonds is 9. The monoisotopic (exact) mass is 269 g/mol. The zero-order valence-corrected chi connectivity index (χ0v) is 12.1. The van der Waals surface area contributed by atoms with Crippen LogP contribution in [0.25, 0.3) is 0 Å². The van der Waals surface area contributed by atoms with Gasteiger partial charge in [-0.05, 0) is 19.3 Å². The van der Waals surface area contributed by atoms with E-state index in [0.717, 1.165) is 38.5 Å². The van der Waals surface area contributed by atoms with Crippen molar-refractivity contribution in [1.82, 2.24) is 4.90 Å². The molecular formula is C15H27NO3. The Kier molecular flexibility index (Phi) is 7.53. The molecule has 0 spiro atoms. The number of unbranched alkanes of at least 4 members (excludes halogenated alkanes) is 4. The van der Waals surface area contributed by atoms with Crippen molar-refractivity contribution in [3.05, 3.63) is 0 Å². The van der Waals surface area contributed by atoms with Crippen LogP contribution in [0.15, 0.2) is 0 Å². The van der Waals surface area contributed by atoms with Crippen LogP contribution in [-0.2, 0) is 9.59 Å². The van der Waals surface area contributed by atoms with Gasteiger partial charge in [-0.2, -0.15) is 0 Å². The van der Waals surface area contributed by atoms with E-state index in [-0.39, 0.29) is 18.5 Å². The molecule has 0 unspecified atom stereocenters. The molecule has 1 amide bonds. The number of amides is 1. The predicted molar refractivity (Wildman–Crippen MR) is 75.0 cm³/mol. The van der Waals surface area contributed by atoms with Crippen molar-refractivity contribution in [3.8, 4) is 0 Å². The number of carboxylic acids is 1. The van der Waals surface area contributed by atoms with E-state index in [9.17, 15) is 9.59 Å². The van der Waals surface area contributed by atoms with Gasteiger partial charge in [0, 0.05) is 12.5 Å². The summed E-state index contributed by atoms with van der Waals surface area (Å²) in [5.41, 5.74) is 0. The van der Waals surface area contributed by atoms with Gasteiger partial charge in [0.25, 0.3) is 0 Å². The predicted octanol–water partition coefficient (Wildman–Crippen LogP) is 3.20. The number of hydrogen-bond acceptors (Lipinski definition) is 2. The minimum Gasteiger partial charge on any atom is -0.480 e. The van der Waals surface area contributed by atoms with Crippen molar-refractivity contribution in [2.24, 2.45) is 0 Å². The minimum atomic E-state index is -0.897.